The highest BCUT2D eigenvalue weighted by Crippen LogP contribution is 2.15. The van der Waals surface area contributed by atoms with Crippen LogP contribution in [0.15, 0.2) is 46.9 Å². The van der Waals surface area contributed by atoms with Crippen molar-refractivity contribution in [2.24, 2.45) is 5.16 Å². The molecule has 100 valence electrons. The Balaban J connectivity index is 1.88. The summed E-state index contributed by atoms with van der Waals surface area (Å²) in [5.41, 5.74) is 1.61. The van der Waals surface area contributed by atoms with Gasteiger partial charge in [-0.1, -0.05) is 18.1 Å². The standard InChI is InChI=1S/C15H17NO2S/c1-2-15(16-17)12-5-7-13(8-6-12)18-10-9-14-4-3-11-19-14/h3-8,11,17H,2,9-10H2,1H3. The van der Waals surface area contributed by atoms with Crippen LogP contribution in [0.1, 0.15) is 23.8 Å². The highest BCUT2D eigenvalue weighted by atomic mass is 32.1. The fourth-order valence-corrected chi connectivity index (χ4v) is 2.49. The summed E-state index contributed by atoms with van der Waals surface area (Å²) in [6.45, 7) is 2.63. The number of thiophene rings is 1. The van der Waals surface area contributed by atoms with Crippen LogP contribution in [0.25, 0.3) is 0 Å². The summed E-state index contributed by atoms with van der Waals surface area (Å²) in [6, 6.07) is 11.8. The van der Waals surface area contributed by atoms with Gasteiger partial charge in [0.2, 0.25) is 0 Å². The van der Waals surface area contributed by atoms with Crippen LogP contribution in [0.4, 0.5) is 0 Å². The lowest BCUT2D eigenvalue weighted by atomic mass is 10.1. The van der Waals surface area contributed by atoms with Gasteiger partial charge < -0.3 is 9.94 Å². The molecule has 0 aliphatic carbocycles. The molecule has 0 aliphatic rings. The topological polar surface area (TPSA) is 41.8 Å². The first-order chi connectivity index (χ1) is 9.33. The largest absolute Gasteiger partial charge is 0.493 e. The molecular formula is C15H17NO2S. The molecule has 19 heavy (non-hydrogen) atoms. The van der Waals surface area contributed by atoms with E-state index in [0.717, 1.165) is 17.7 Å². The number of nitrogens with zero attached hydrogens (tertiary/aromatic N) is 1. The Morgan fingerprint density at radius 1 is 1.26 bits per heavy atom. The molecule has 0 unspecified atom stereocenters. The molecule has 0 spiro atoms. The number of benzene rings is 1. The van der Waals surface area contributed by atoms with Crippen molar-refractivity contribution in [3.05, 3.63) is 52.2 Å². The average molecular weight is 275 g/mol. The van der Waals surface area contributed by atoms with E-state index in [2.05, 4.69) is 22.7 Å². The van der Waals surface area contributed by atoms with Crippen LogP contribution in [0.5, 0.6) is 5.75 Å². The Morgan fingerprint density at radius 3 is 2.63 bits per heavy atom. The molecule has 0 bridgehead atoms. The van der Waals surface area contributed by atoms with Gasteiger partial charge in [-0.2, -0.15) is 0 Å². The van der Waals surface area contributed by atoms with Crippen LogP contribution in [-0.4, -0.2) is 17.5 Å². The monoisotopic (exact) mass is 275 g/mol. The lowest BCUT2D eigenvalue weighted by Crippen LogP contribution is -2.01. The molecule has 1 heterocycles. The minimum absolute atomic E-state index is 0.675. The molecule has 0 saturated carbocycles. The molecule has 4 heteroatoms. The normalized spacial score (nSPS) is 11.5. The molecule has 1 aromatic carbocycles. The van der Waals surface area contributed by atoms with Crippen molar-refractivity contribution in [2.75, 3.05) is 6.61 Å². The Labute approximate surface area is 117 Å². The molecule has 0 radical (unpaired) electrons. The van der Waals surface area contributed by atoms with Crippen LogP contribution in [-0.2, 0) is 6.42 Å². The van der Waals surface area contributed by atoms with Gasteiger partial charge in [-0.15, -0.1) is 11.3 Å². The van der Waals surface area contributed by atoms with Gasteiger partial charge in [-0.3, -0.25) is 0 Å². The Bertz CT molecular complexity index is 518. The summed E-state index contributed by atoms with van der Waals surface area (Å²) in [5.74, 6) is 0.841. The number of rotatable bonds is 6. The second-order valence-electron chi connectivity index (χ2n) is 4.10. The smallest absolute Gasteiger partial charge is 0.119 e. The van der Waals surface area contributed by atoms with Crippen molar-refractivity contribution in [3.63, 3.8) is 0 Å². The second-order valence-corrected chi connectivity index (χ2v) is 5.13. The quantitative estimate of drug-likeness (QED) is 0.492. The van der Waals surface area contributed by atoms with Crippen LogP contribution in [0.2, 0.25) is 0 Å². The van der Waals surface area contributed by atoms with E-state index in [1.165, 1.54) is 4.88 Å². The lowest BCUT2D eigenvalue weighted by molar-refractivity contribution is 0.318. The summed E-state index contributed by atoms with van der Waals surface area (Å²) in [5, 5.41) is 14.2. The van der Waals surface area contributed by atoms with Crippen LogP contribution in [0, 0.1) is 0 Å². The van der Waals surface area contributed by atoms with Crippen molar-refractivity contribution in [2.45, 2.75) is 19.8 Å². The van der Waals surface area contributed by atoms with E-state index >= 15 is 0 Å². The molecule has 3 nitrogen and oxygen atoms in total. The molecule has 1 aromatic heterocycles. The molecule has 0 fully saturated rings. The minimum atomic E-state index is 0.675. The van der Waals surface area contributed by atoms with Crippen LogP contribution < -0.4 is 4.74 Å². The zero-order valence-electron chi connectivity index (χ0n) is 10.9. The van der Waals surface area contributed by atoms with Crippen LogP contribution >= 0.6 is 11.3 Å². The third kappa shape index (κ3) is 3.83. The first kappa shape index (κ1) is 13.6. The van der Waals surface area contributed by atoms with E-state index in [9.17, 15) is 0 Å². The molecule has 0 amide bonds. The maximum absolute atomic E-state index is 8.85. The van der Waals surface area contributed by atoms with Crippen molar-refractivity contribution < 1.29 is 9.94 Å². The molecule has 0 atom stereocenters. The molecule has 2 rings (SSSR count). The number of ether oxygens (including phenoxy) is 1. The Morgan fingerprint density at radius 2 is 2.05 bits per heavy atom. The Hall–Kier alpha value is -1.81. The first-order valence-electron chi connectivity index (χ1n) is 6.30. The van der Waals surface area contributed by atoms with Gasteiger partial charge in [0, 0.05) is 11.3 Å². The van der Waals surface area contributed by atoms with Crippen LogP contribution in [0.3, 0.4) is 0 Å². The van der Waals surface area contributed by atoms with Gasteiger partial charge in [0.25, 0.3) is 0 Å². The molecule has 2 aromatic rings. The molecule has 0 saturated heterocycles. The van der Waals surface area contributed by atoms with E-state index in [1.54, 1.807) is 11.3 Å². The number of hydrogen-bond acceptors (Lipinski definition) is 4. The fraction of sp³-hybridized carbons (Fsp3) is 0.267. The average Bonchev–Trinajstić information content (AvgIpc) is 2.95. The van der Waals surface area contributed by atoms with E-state index in [4.69, 9.17) is 9.94 Å². The lowest BCUT2D eigenvalue weighted by Gasteiger charge is -2.07. The van der Waals surface area contributed by atoms with Crippen molar-refractivity contribution in [3.8, 4) is 5.75 Å². The van der Waals surface area contributed by atoms with Gasteiger partial charge in [-0.05, 0) is 47.7 Å². The van der Waals surface area contributed by atoms with Crippen molar-refractivity contribution >= 4 is 17.0 Å². The number of oxime groups is 1. The minimum Gasteiger partial charge on any atom is -0.493 e. The third-order valence-electron chi connectivity index (χ3n) is 2.84. The van der Waals surface area contributed by atoms with Gasteiger partial charge in [0.05, 0.1) is 12.3 Å². The zero-order chi connectivity index (χ0) is 13.5. The van der Waals surface area contributed by atoms with Crippen molar-refractivity contribution in [1.29, 1.82) is 0 Å². The SMILES string of the molecule is CCC(=NO)c1ccc(OCCc2cccs2)cc1. The summed E-state index contributed by atoms with van der Waals surface area (Å²) >= 11 is 1.75. The Kier molecular flexibility index (Phi) is 4.98. The van der Waals surface area contributed by atoms with Crippen molar-refractivity contribution in [1.82, 2.24) is 0 Å². The summed E-state index contributed by atoms with van der Waals surface area (Å²) < 4.78 is 5.69. The molecule has 0 aliphatic heterocycles. The maximum atomic E-state index is 8.85. The third-order valence-corrected chi connectivity index (χ3v) is 3.78. The van der Waals surface area contributed by atoms with E-state index in [-0.39, 0.29) is 0 Å². The van der Waals surface area contributed by atoms with E-state index in [1.807, 2.05) is 31.2 Å². The van der Waals surface area contributed by atoms with Gasteiger partial charge >= 0.3 is 0 Å². The van der Waals surface area contributed by atoms with Gasteiger partial charge in [0.15, 0.2) is 0 Å². The second kappa shape index (κ2) is 6.95. The van der Waals surface area contributed by atoms with Gasteiger partial charge in [0.1, 0.15) is 5.75 Å². The molecule has 1 N–H and O–H groups in total. The fourth-order valence-electron chi connectivity index (χ4n) is 1.80. The maximum Gasteiger partial charge on any atom is 0.119 e. The highest BCUT2D eigenvalue weighted by molar-refractivity contribution is 7.09. The first-order valence-corrected chi connectivity index (χ1v) is 7.18. The zero-order valence-corrected chi connectivity index (χ0v) is 11.7. The summed E-state index contributed by atoms with van der Waals surface area (Å²) in [6.07, 6.45) is 1.63. The highest BCUT2D eigenvalue weighted by Gasteiger charge is 2.02. The summed E-state index contributed by atoms with van der Waals surface area (Å²) in [7, 11) is 0. The molecular weight excluding hydrogens is 258 g/mol. The predicted molar refractivity (Wildman–Crippen MR) is 78.6 cm³/mol. The summed E-state index contributed by atoms with van der Waals surface area (Å²) in [4.78, 5) is 1.33. The van der Waals surface area contributed by atoms with Gasteiger partial charge in [-0.25, -0.2) is 0 Å². The number of hydrogen-bond donors (Lipinski definition) is 1. The predicted octanol–water partition coefficient (Wildman–Crippen LogP) is 3.96. The van der Waals surface area contributed by atoms with E-state index < -0.39 is 0 Å². The van der Waals surface area contributed by atoms with E-state index in [0.29, 0.717) is 18.7 Å².